The summed E-state index contributed by atoms with van der Waals surface area (Å²) in [5.74, 6) is 0.316. The van der Waals surface area contributed by atoms with Crippen molar-refractivity contribution < 1.29 is 5.11 Å². The van der Waals surface area contributed by atoms with Crippen molar-refractivity contribution in [1.82, 2.24) is 4.98 Å². The summed E-state index contributed by atoms with van der Waals surface area (Å²) in [5, 5.41) is 11.0. The molecule has 0 aliphatic carbocycles. The number of aromatic nitrogens is 1. The van der Waals surface area contributed by atoms with Gasteiger partial charge in [-0.1, -0.05) is 30.3 Å². The zero-order valence-electron chi connectivity index (χ0n) is 8.64. The van der Waals surface area contributed by atoms with Crippen LogP contribution in [0, 0.1) is 0 Å². The molecule has 0 atom stereocenters. The first kappa shape index (κ1) is 9.04. The fourth-order valence-electron chi connectivity index (χ4n) is 2.02. The number of nitrogens with one attached hydrogen (secondary N) is 1. The van der Waals surface area contributed by atoms with E-state index in [2.05, 4.69) is 4.98 Å². The Kier molecular flexibility index (Phi) is 1.93. The van der Waals surface area contributed by atoms with Gasteiger partial charge in [-0.2, -0.15) is 0 Å². The molecule has 0 fully saturated rings. The molecule has 0 saturated heterocycles. The van der Waals surface area contributed by atoms with Crippen LogP contribution in [0.15, 0.2) is 54.7 Å². The lowest BCUT2D eigenvalue weighted by molar-refractivity contribution is 0.477. The van der Waals surface area contributed by atoms with Gasteiger partial charge in [0.15, 0.2) is 0 Å². The van der Waals surface area contributed by atoms with Crippen LogP contribution in [0.3, 0.4) is 0 Å². The molecule has 0 aliphatic heterocycles. The van der Waals surface area contributed by atoms with Crippen molar-refractivity contribution >= 4 is 10.9 Å². The molecule has 0 radical (unpaired) electrons. The van der Waals surface area contributed by atoms with E-state index in [-0.39, 0.29) is 0 Å². The fourth-order valence-corrected chi connectivity index (χ4v) is 2.02. The minimum atomic E-state index is 0.316. The van der Waals surface area contributed by atoms with Crippen LogP contribution >= 0.6 is 0 Å². The van der Waals surface area contributed by atoms with Crippen molar-refractivity contribution in [3.05, 3.63) is 54.7 Å². The number of phenolic OH excluding ortho intramolecular Hbond substituents is 1. The number of aromatic amines is 1. The lowest BCUT2D eigenvalue weighted by atomic mass is 10.0. The summed E-state index contributed by atoms with van der Waals surface area (Å²) in [6.45, 7) is 0. The Morgan fingerprint density at radius 3 is 2.50 bits per heavy atom. The van der Waals surface area contributed by atoms with Crippen LogP contribution in [0.25, 0.3) is 22.0 Å². The molecule has 2 aromatic carbocycles. The summed E-state index contributed by atoms with van der Waals surface area (Å²) in [4.78, 5) is 3.17. The predicted octanol–water partition coefficient (Wildman–Crippen LogP) is 3.54. The molecule has 0 spiro atoms. The molecule has 0 bridgehead atoms. The second-order valence-electron chi connectivity index (χ2n) is 3.76. The number of fused-ring (bicyclic) bond motifs is 1. The van der Waals surface area contributed by atoms with E-state index in [0.717, 1.165) is 22.0 Å². The number of aromatic hydroxyl groups is 1. The molecule has 0 unspecified atom stereocenters. The molecule has 0 aliphatic rings. The number of benzene rings is 2. The molecule has 2 heteroatoms. The van der Waals surface area contributed by atoms with Gasteiger partial charge in [0.25, 0.3) is 0 Å². The van der Waals surface area contributed by atoms with Crippen molar-refractivity contribution in [1.29, 1.82) is 0 Å². The molecule has 1 heterocycles. The molecule has 16 heavy (non-hydrogen) atoms. The average molecular weight is 209 g/mol. The Labute approximate surface area is 93.2 Å². The number of rotatable bonds is 1. The highest BCUT2D eigenvalue weighted by molar-refractivity contribution is 5.96. The van der Waals surface area contributed by atoms with Gasteiger partial charge in [0, 0.05) is 22.7 Å². The van der Waals surface area contributed by atoms with Crippen LogP contribution in [-0.2, 0) is 0 Å². The summed E-state index contributed by atoms with van der Waals surface area (Å²) >= 11 is 0. The smallest absolute Gasteiger partial charge is 0.123 e. The zero-order chi connectivity index (χ0) is 11.0. The molecule has 3 rings (SSSR count). The first-order valence-corrected chi connectivity index (χ1v) is 5.21. The molecule has 0 saturated carbocycles. The van der Waals surface area contributed by atoms with Crippen molar-refractivity contribution in [3.8, 4) is 16.9 Å². The van der Waals surface area contributed by atoms with E-state index in [9.17, 15) is 5.11 Å². The monoisotopic (exact) mass is 209 g/mol. The van der Waals surface area contributed by atoms with Crippen LogP contribution in [0.5, 0.6) is 5.75 Å². The maximum atomic E-state index is 9.85. The fraction of sp³-hybridized carbons (Fsp3) is 0. The van der Waals surface area contributed by atoms with Gasteiger partial charge in [0.2, 0.25) is 0 Å². The van der Waals surface area contributed by atoms with Gasteiger partial charge in [-0.25, -0.2) is 0 Å². The van der Waals surface area contributed by atoms with Gasteiger partial charge in [-0.15, -0.1) is 0 Å². The maximum Gasteiger partial charge on any atom is 0.123 e. The van der Waals surface area contributed by atoms with Crippen molar-refractivity contribution in [2.45, 2.75) is 0 Å². The van der Waals surface area contributed by atoms with Gasteiger partial charge in [0.05, 0.1) is 0 Å². The van der Waals surface area contributed by atoms with Gasteiger partial charge in [0.1, 0.15) is 5.75 Å². The van der Waals surface area contributed by atoms with E-state index in [1.165, 1.54) is 0 Å². The molecule has 2 N–H and O–H groups in total. The summed E-state index contributed by atoms with van der Waals surface area (Å²) in [5.41, 5.74) is 3.00. The van der Waals surface area contributed by atoms with Crippen LogP contribution in [0.2, 0.25) is 0 Å². The molecule has 78 valence electrons. The minimum absolute atomic E-state index is 0.316. The molecular weight excluding hydrogens is 198 g/mol. The van der Waals surface area contributed by atoms with E-state index in [4.69, 9.17) is 0 Å². The molecule has 0 amide bonds. The Hall–Kier alpha value is -2.22. The quantitative estimate of drug-likeness (QED) is 0.631. The first-order valence-electron chi connectivity index (χ1n) is 5.21. The van der Waals surface area contributed by atoms with Gasteiger partial charge < -0.3 is 10.1 Å². The second kappa shape index (κ2) is 3.42. The lowest BCUT2D eigenvalue weighted by Crippen LogP contribution is -1.79. The summed E-state index contributed by atoms with van der Waals surface area (Å²) < 4.78 is 0. The Morgan fingerprint density at radius 1 is 0.812 bits per heavy atom. The average Bonchev–Trinajstić information content (AvgIpc) is 2.77. The number of para-hydroxylation sites is 1. The van der Waals surface area contributed by atoms with Crippen LogP contribution in [0.4, 0.5) is 0 Å². The molecular formula is C14H11NO. The van der Waals surface area contributed by atoms with E-state index in [1.54, 1.807) is 6.07 Å². The highest BCUT2D eigenvalue weighted by atomic mass is 16.3. The largest absolute Gasteiger partial charge is 0.507 e. The molecule has 1 aromatic heterocycles. The summed E-state index contributed by atoms with van der Waals surface area (Å²) in [7, 11) is 0. The Bertz CT molecular complexity index is 640. The third-order valence-electron chi connectivity index (χ3n) is 2.79. The Morgan fingerprint density at radius 2 is 1.62 bits per heavy atom. The van der Waals surface area contributed by atoms with E-state index in [1.807, 2.05) is 48.7 Å². The third-order valence-corrected chi connectivity index (χ3v) is 2.79. The first-order chi connectivity index (χ1) is 7.86. The number of hydrogen-bond acceptors (Lipinski definition) is 1. The lowest BCUT2D eigenvalue weighted by Gasteiger charge is -2.05. The number of H-pyrrole nitrogens is 1. The standard InChI is InChI=1S/C14H11NO/c16-14-7-2-1-4-12(14)10-5-3-6-13-11(10)8-9-15-13/h1-9,15-16H. The second-order valence-corrected chi connectivity index (χ2v) is 3.76. The van der Waals surface area contributed by atoms with Crippen molar-refractivity contribution in [2.24, 2.45) is 0 Å². The third kappa shape index (κ3) is 1.27. The molecule has 2 nitrogen and oxygen atoms in total. The van der Waals surface area contributed by atoms with Gasteiger partial charge in [-0.05, 0) is 23.8 Å². The van der Waals surface area contributed by atoms with Gasteiger partial charge in [-0.3, -0.25) is 0 Å². The van der Waals surface area contributed by atoms with Crippen LogP contribution < -0.4 is 0 Å². The number of hydrogen-bond donors (Lipinski definition) is 2. The van der Waals surface area contributed by atoms with Crippen LogP contribution in [-0.4, -0.2) is 10.1 Å². The summed E-state index contributed by atoms with van der Waals surface area (Å²) in [6.07, 6.45) is 1.91. The highest BCUT2D eigenvalue weighted by Crippen LogP contribution is 2.33. The normalized spacial score (nSPS) is 10.8. The zero-order valence-corrected chi connectivity index (χ0v) is 8.64. The van der Waals surface area contributed by atoms with Crippen LogP contribution in [0.1, 0.15) is 0 Å². The Balaban J connectivity index is 2.34. The van der Waals surface area contributed by atoms with E-state index in [0.29, 0.717) is 5.75 Å². The predicted molar refractivity (Wildman–Crippen MR) is 65.4 cm³/mol. The topological polar surface area (TPSA) is 36.0 Å². The highest BCUT2D eigenvalue weighted by Gasteiger charge is 2.07. The maximum absolute atomic E-state index is 9.85. The van der Waals surface area contributed by atoms with Gasteiger partial charge >= 0.3 is 0 Å². The number of phenols is 1. The van der Waals surface area contributed by atoms with E-state index >= 15 is 0 Å². The SMILES string of the molecule is Oc1ccccc1-c1cccc2[nH]ccc12. The molecule has 3 aromatic rings. The van der Waals surface area contributed by atoms with Crippen molar-refractivity contribution in [3.63, 3.8) is 0 Å². The van der Waals surface area contributed by atoms with Crippen molar-refractivity contribution in [2.75, 3.05) is 0 Å². The minimum Gasteiger partial charge on any atom is -0.507 e. The summed E-state index contributed by atoms with van der Waals surface area (Å²) in [6, 6.07) is 15.5. The van der Waals surface area contributed by atoms with E-state index < -0.39 is 0 Å².